The van der Waals surface area contributed by atoms with Crippen molar-refractivity contribution in [2.75, 3.05) is 0 Å². The van der Waals surface area contributed by atoms with Crippen LogP contribution in [0.15, 0.2) is 438 Å². The first-order valence-corrected chi connectivity index (χ1v) is 44.1. The summed E-state index contributed by atoms with van der Waals surface area (Å²) in [6, 6.07) is 140. The summed E-state index contributed by atoms with van der Waals surface area (Å²) in [7, 11) is 0. The van der Waals surface area contributed by atoms with Crippen LogP contribution in [0.4, 0.5) is 0 Å². The quantitative estimate of drug-likeness (QED) is 0.126. The van der Waals surface area contributed by atoms with Crippen LogP contribution < -0.4 is 0 Å². The Morgan fingerprint density at radius 2 is 0.386 bits per heavy atom. The average Bonchev–Trinajstić information content (AvgIpc) is 0.763. The first-order chi connectivity index (χ1) is 65.3. The van der Waals surface area contributed by atoms with Gasteiger partial charge in [-0.15, -0.1) is 0 Å². The monoisotopic (exact) mass is 1680 g/mol. The summed E-state index contributed by atoms with van der Waals surface area (Å²) in [6.07, 6.45) is 10.9. The predicted octanol–water partition coefficient (Wildman–Crippen LogP) is 30.1. The van der Waals surface area contributed by atoms with Crippen molar-refractivity contribution in [1.82, 2.24) is 59.8 Å². The van der Waals surface area contributed by atoms with Crippen molar-refractivity contribution < 1.29 is 0 Å². The molecule has 27 rings (SSSR count). The standard InChI is InChI=1S/C44H26N4.C40H24N4.C36H22N4/c1-2-9-33-29(7-1)23-37(35-11-4-3-10-34(33)35)30-15-13-27-17-19-39(47-41(27)25-30)31-16-14-28-18-20-40(48-42(28)26-31)38-24-32-8-5-21-45-43(32)44-36(38)12-6-22-46-44;1-2-6-28-21-29(12-9-25(28)5-1)30-13-10-26-15-17-35(43-37(26)23-30)31-14-11-27-16-18-36(44-38(27)24-31)34-22-32-7-3-19-41-39(32)40-33(34)8-4-20-42-40;1-2-6-23(7-3-1)26-12-10-24-14-16-31(39-33(24)21-26)27-13-11-25-15-17-32(40-34(25)22-27)30-20-28-8-4-18-37-35(28)36-29(30)9-5-19-38-36/h1-26H;1-24H;1-22H. The molecule has 0 fully saturated rings. The van der Waals surface area contributed by atoms with E-state index in [2.05, 4.69) is 383 Å². The van der Waals surface area contributed by atoms with Gasteiger partial charge in [0.1, 0.15) is 0 Å². The minimum absolute atomic E-state index is 0.887. The van der Waals surface area contributed by atoms with E-state index in [1.54, 1.807) is 0 Å². The lowest BCUT2D eigenvalue weighted by Crippen LogP contribution is -1.92. The zero-order valence-electron chi connectivity index (χ0n) is 70.9. The Hall–Kier alpha value is -18.0. The van der Waals surface area contributed by atoms with Gasteiger partial charge < -0.3 is 0 Å². The number of hydrogen-bond donors (Lipinski definition) is 0. The lowest BCUT2D eigenvalue weighted by molar-refractivity contribution is 1.36. The number of aromatic nitrogens is 12. The zero-order valence-corrected chi connectivity index (χ0v) is 70.9. The Labute approximate surface area is 756 Å². The predicted molar refractivity (Wildman–Crippen MR) is 544 cm³/mol. The third-order valence-corrected chi connectivity index (χ3v) is 25.5. The minimum atomic E-state index is 0.887. The number of hydrogen-bond acceptors (Lipinski definition) is 12. The van der Waals surface area contributed by atoms with Gasteiger partial charge in [0.15, 0.2) is 0 Å². The van der Waals surface area contributed by atoms with Crippen LogP contribution in [-0.4, -0.2) is 59.8 Å². The summed E-state index contributed by atoms with van der Waals surface area (Å²) >= 11 is 0. The van der Waals surface area contributed by atoms with Gasteiger partial charge in [-0.05, 0) is 205 Å². The summed E-state index contributed by atoms with van der Waals surface area (Å²) < 4.78 is 0. The van der Waals surface area contributed by atoms with Crippen LogP contribution in [0.2, 0.25) is 0 Å². The normalized spacial score (nSPS) is 11.6. The fourth-order valence-corrected chi connectivity index (χ4v) is 18.9. The Kier molecular flexibility index (Phi) is 18.6. The highest BCUT2D eigenvalue weighted by molar-refractivity contribution is 6.16. The van der Waals surface area contributed by atoms with E-state index in [-0.39, 0.29) is 0 Å². The van der Waals surface area contributed by atoms with Crippen LogP contribution in [0.3, 0.4) is 0 Å². The summed E-state index contributed by atoms with van der Waals surface area (Å²) in [6.45, 7) is 0. The van der Waals surface area contributed by atoms with Crippen LogP contribution >= 0.6 is 0 Å². The van der Waals surface area contributed by atoms with E-state index in [4.69, 9.17) is 34.9 Å². The molecule has 27 aromatic rings. The molecule has 0 atom stereocenters. The smallest absolute Gasteiger partial charge is 0.0971 e. The second-order valence-corrected chi connectivity index (χ2v) is 33.4. The summed E-state index contributed by atoms with van der Waals surface area (Å²) in [4.78, 5) is 58.7. The van der Waals surface area contributed by atoms with Gasteiger partial charge in [0.2, 0.25) is 0 Å². The average molecular weight is 1680 g/mol. The molecule has 0 saturated carbocycles. The van der Waals surface area contributed by atoms with Gasteiger partial charge in [0.05, 0.1) is 100 Å². The molecule has 0 radical (unpaired) electrons. The number of nitrogens with zero attached hydrogens (tertiary/aromatic N) is 12. The molecule has 132 heavy (non-hydrogen) atoms. The van der Waals surface area contributed by atoms with Crippen molar-refractivity contribution in [2.24, 2.45) is 0 Å². The Morgan fingerprint density at radius 1 is 0.121 bits per heavy atom. The molecule has 612 valence electrons. The molecule has 0 saturated heterocycles. The van der Waals surface area contributed by atoms with Crippen LogP contribution in [0.25, 0.3) is 264 Å². The topological polar surface area (TPSA) is 155 Å². The van der Waals surface area contributed by atoms with Crippen LogP contribution in [0.5, 0.6) is 0 Å². The van der Waals surface area contributed by atoms with E-state index in [0.717, 1.165) is 215 Å². The van der Waals surface area contributed by atoms with Gasteiger partial charge in [0, 0.05) is 135 Å². The van der Waals surface area contributed by atoms with Crippen molar-refractivity contribution in [1.29, 1.82) is 0 Å². The highest BCUT2D eigenvalue weighted by Gasteiger charge is 2.20. The van der Waals surface area contributed by atoms with Crippen molar-refractivity contribution in [3.63, 3.8) is 0 Å². The highest BCUT2D eigenvalue weighted by Crippen LogP contribution is 2.42. The van der Waals surface area contributed by atoms with Gasteiger partial charge in [-0.25, -0.2) is 29.9 Å². The Morgan fingerprint density at radius 3 is 0.811 bits per heavy atom. The fourth-order valence-electron chi connectivity index (χ4n) is 18.9. The van der Waals surface area contributed by atoms with E-state index >= 15 is 0 Å². The highest BCUT2D eigenvalue weighted by atomic mass is 14.8. The molecule has 15 aromatic carbocycles. The maximum atomic E-state index is 5.19. The molecule has 12 heteroatoms. The molecular weight excluding hydrogens is 1610 g/mol. The second kappa shape index (κ2) is 32.1. The summed E-state index contributed by atoms with van der Waals surface area (Å²) in [5, 5.41) is 20.4. The lowest BCUT2D eigenvalue weighted by Gasteiger charge is -2.12. The number of rotatable bonds is 9. The first-order valence-electron chi connectivity index (χ1n) is 44.1. The van der Waals surface area contributed by atoms with Gasteiger partial charge in [-0.3, -0.25) is 29.9 Å². The molecule has 0 aliphatic heterocycles. The first kappa shape index (κ1) is 76.4. The molecule has 0 spiro atoms. The van der Waals surface area contributed by atoms with E-state index in [9.17, 15) is 0 Å². The molecule has 0 unspecified atom stereocenters. The van der Waals surface area contributed by atoms with Crippen LogP contribution in [-0.2, 0) is 0 Å². The van der Waals surface area contributed by atoms with E-state index in [1.807, 2.05) is 79.6 Å². The van der Waals surface area contributed by atoms with Crippen LogP contribution in [0.1, 0.15) is 0 Å². The summed E-state index contributed by atoms with van der Waals surface area (Å²) in [5.41, 5.74) is 29.9. The largest absolute Gasteiger partial charge is 0.254 e. The Bertz CT molecular complexity index is 9210. The molecule has 12 aromatic heterocycles. The van der Waals surface area contributed by atoms with Gasteiger partial charge in [-0.2, -0.15) is 0 Å². The molecule has 0 bridgehead atoms. The summed E-state index contributed by atoms with van der Waals surface area (Å²) in [5.74, 6) is 0. The van der Waals surface area contributed by atoms with Crippen molar-refractivity contribution in [3.05, 3.63) is 438 Å². The number of fused-ring (bicyclic) bond motifs is 19. The maximum absolute atomic E-state index is 5.19. The molecule has 0 aliphatic rings. The van der Waals surface area contributed by atoms with Crippen molar-refractivity contribution in [2.45, 2.75) is 0 Å². The molecule has 12 nitrogen and oxygen atoms in total. The van der Waals surface area contributed by atoms with E-state index in [1.165, 1.54) is 49.0 Å². The SMILES string of the molecule is c1ccc(-c2ccc3ccc(-c4ccc5ccc(-c6cc7cccnc7c7ncccc67)nc5c4)nc3c2)cc1.c1ccc2c(c1)cc(-c1ccc3ccc(-c4ccc5ccc(-c6cc7cccnc7c7ncccc67)nc5c4)nc3c1)c1ccccc12.c1ccc2cc(-c3ccc4ccc(-c5ccc6ccc(-c7cc8cccnc8c8ncccc78)nc6c5)nc4c3)ccc2c1. The molecule has 0 N–H and O–H groups in total. The molecule has 0 aliphatic carbocycles. The van der Waals surface area contributed by atoms with Gasteiger partial charge in [0.25, 0.3) is 0 Å². The molecule has 12 heterocycles. The van der Waals surface area contributed by atoms with Crippen molar-refractivity contribution in [3.8, 4) is 101 Å². The van der Waals surface area contributed by atoms with Gasteiger partial charge in [-0.1, -0.05) is 261 Å². The third kappa shape index (κ3) is 14.0. The van der Waals surface area contributed by atoms with E-state index in [0.29, 0.717) is 0 Å². The van der Waals surface area contributed by atoms with E-state index < -0.39 is 0 Å². The minimum Gasteiger partial charge on any atom is -0.254 e. The van der Waals surface area contributed by atoms with Gasteiger partial charge >= 0.3 is 0 Å². The fraction of sp³-hybridized carbons (Fsp3) is 0. The lowest BCUT2D eigenvalue weighted by atomic mass is 9.93. The second-order valence-electron chi connectivity index (χ2n) is 33.4. The molecule has 0 amide bonds. The molecular formula is C120H72N12. The zero-order chi connectivity index (χ0) is 87.1. The number of pyridine rings is 12. The third-order valence-electron chi connectivity index (χ3n) is 25.5. The van der Waals surface area contributed by atoms with Crippen LogP contribution in [0, 0.1) is 0 Å². The van der Waals surface area contributed by atoms with Crippen molar-refractivity contribution >= 4 is 163 Å². The Balaban J connectivity index is 0.000000107. The number of benzene rings is 15. The maximum Gasteiger partial charge on any atom is 0.0971 e.